The van der Waals surface area contributed by atoms with E-state index in [2.05, 4.69) is 0 Å². The van der Waals surface area contributed by atoms with E-state index in [-0.39, 0.29) is 25.3 Å². The van der Waals surface area contributed by atoms with Crippen molar-refractivity contribution in [3.05, 3.63) is 191 Å². The highest BCUT2D eigenvalue weighted by atomic mass is 16.5. The molecule has 0 bridgehead atoms. The summed E-state index contributed by atoms with van der Waals surface area (Å²) < 4.78 is 22.9. The number of benzene rings is 6. The lowest BCUT2D eigenvalue weighted by Gasteiger charge is -2.37. The van der Waals surface area contributed by atoms with Gasteiger partial charge >= 0.3 is 11.9 Å². The van der Waals surface area contributed by atoms with Crippen molar-refractivity contribution in [2.45, 2.75) is 50.6 Å². The molecule has 1 heterocycles. The third-order valence-corrected chi connectivity index (χ3v) is 10.2. The lowest BCUT2D eigenvalue weighted by atomic mass is 9.87. The monoisotopic (exact) mass is 808 g/mol. The molecule has 0 spiro atoms. The summed E-state index contributed by atoms with van der Waals surface area (Å²) in [6.07, 6.45) is 0.296. The molecule has 2 atom stereocenters. The summed E-state index contributed by atoms with van der Waals surface area (Å²) in [4.78, 5) is 39.1. The number of nitrogens with zero attached hydrogens (tertiary/aromatic N) is 1. The molecule has 0 saturated heterocycles. The Bertz CT molecular complexity index is 2300. The molecule has 0 aliphatic carbocycles. The number of methoxy groups -OCH3 is 2. The number of carboxylic acid groups (broad SMARTS) is 2. The molecule has 1 amide bonds. The van der Waals surface area contributed by atoms with Crippen LogP contribution in [0.2, 0.25) is 0 Å². The lowest BCUT2D eigenvalue weighted by molar-refractivity contribution is -0.151. The first-order valence-electron chi connectivity index (χ1n) is 19.5. The molecule has 0 saturated carbocycles. The van der Waals surface area contributed by atoms with Crippen molar-refractivity contribution >= 4 is 17.8 Å². The minimum Gasteiger partial charge on any atom is -0.493 e. The van der Waals surface area contributed by atoms with Crippen LogP contribution in [0.3, 0.4) is 0 Å². The van der Waals surface area contributed by atoms with Gasteiger partial charge in [-0.2, -0.15) is 0 Å². The number of rotatable bonds is 15. The Hall–Kier alpha value is -7.11. The van der Waals surface area contributed by atoms with Gasteiger partial charge in [-0.15, -0.1) is 0 Å². The van der Waals surface area contributed by atoms with Crippen LogP contribution in [0.15, 0.2) is 152 Å². The van der Waals surface area contributed by atoms with Gasteiger partial charge in [-0.1, -0.05) is 140 Å². The van der Waals surface area contributed by atoms with Crippen LogP contribution in [0.4, 0.5) is 0 Å². The molecular formula is C49H48N2O9. The number of aliphatic carboxylic acids is 2. The Morgan fingerprint density at radius 1 is 0.650 bits per heavy atom. The molecule has 4 N–H and O–H groups in total. The first-order chi connectivity index (χ1) is 29.2. The molecule has 0 radical (unpaired) electrons. The van der Waals surface area contributed by atoms with Crippen molar-refractivity contribution in [3.8, 4) is 23.0 Å². The number of carbonyl (C=O) groups excluding carboxylic acids is 1. The van der Waals surface area contributed by atoms with E-state index in [9.17, 15) is 19.5 Å². The average molecular weight is 809 g/mol. The maximum atomic E-state index is 14.1. The Kier molecular flexibility index (Phi) is 14.5. The van der Waals surface area contributed by atoms with Crippen molar-refractivity contribution in [3.63, 3.8) is 0 Å². The van der Waals surface area contributed by atoms with Crippen molar-refractivity contribution in [2.75, 3.05) is 14.2 Å². The summed E-state index contributed by atoms with van der Waals surface area (Å²) in [5.74, 6) is -0.810. The van der Waals surface area contributed by atoms with E-state index < -0.39 is 29.9 Å². The van der Waals surface area contributed by atoms with Gasteiger partial charge in [0.15, 0.2) is 23.0 Å². The van der Waals surface area contributed by atoms with Crippen LogP contribution in [0.1, 0.15) is 44.9 Å². The standard InChI is InChI=1S/C32H29NO5.C17H19NO4/c1-37-28-18-17-25-20-33(31(34)29(23-13-7-3-8-14-23)24-15-9-4-10-16-24)27(32(35)36)19-26(25)30(28)38-21-22-11-5-2-6-12-22;1-21-15-9-5-8-13(10-14(18)17(19)20)16(15)22-11-12-6-3-2-4-7-12/h2-18,27,29H,19-21H2,1H3,(H,35,36);2-9,14H,10-11,18H2,1H3,(H,19,20)/t27-;14-/m00/s1. The Balaban J connectivity index is 0.000000233. The topological polar surface area (TPSA) is 158 Å². The smallest absolute Gasteiger partial charge is 0.326 e. The molecule has 1 aliphatic rings. The highest BCUT2D eigenvalue weighted by molar-refractivity contribution is 5.91. The summed E-state index contributed by atoms with van der Waals surface area (Å²) in [6.45, 7) is 0.849. The van der Waals surface area contributed by atoms with Gasteiger partial charge in [0, 0.05) is 30.5 Å². The van der Waals surface area contributed by atoms with Crippen molar-refractivity contribution in [2.24, 2.45) is 5.73 Å². The zero-order valence-electron chi connectivity index (χ0n) is 33.5. The van der Waals surface area contributed by atoms with Crippen molar-refractivity contribution < 1.29 is 43.5 Å². The van der Waals surface area contributed by atoms with Gasteiger partial charge in [-0.05, 0) is 39.9 Å². The molecular weight excluding hydrogens is 761 g/mol. The summed E-state index contributed by atoms with van der Waals surface area (Å²) >= 11 is 0. The van der Waals surface area contributed by atoms with E-state index >= 15 is 0 Å². The van der Waals surface area contributed by atoms with Gasteiger partial charge in [0.2, 0.25) is 5.91 Å². The largest absolute Gasteiger partial charge is 0.493 e. The molecule has 7 rings (SSSR count). The number of amides is 1. The average Bonchev–Trinajstić information content (AvgIpc) is 3.28. The van der Waals surface area contributed by atoms with Gasteiger partial charge in [-0.3, -0.25) is 9.59 Å². The molecule has 0 aromatic heterocycles. The number of para-hydroxylation sites is 1. The zero-order chi connectivity index (χ0) is 42.4. The first-order valence-corrected chi connectivity index (χ1v) is 19.5. The molecule has 0 unspecified atom stereocenters. The van der Waals surface area contributed by atoms with Crippen LogP contribution in [-0.2, 0) is 47.0 Å². The predicted molar refractivity (Wildman–Crippen MR) is 227 cm³/mol. The van der Waals surface area contributed by atoms with Crippen molar-refractivity contribution in [1.29, 1.82) is 0 Å². The molecule has 308 valence electrons. The minimum absolute atomic E-state index is 0.119. The molecule has 11 heteroatoms. The van der Waals surface area contributed by atoms with Crippen LogP contribution < -0.4 is 24.7 Å². The van der Waals surface area contributed by atoms with E-state index in [4.69, 9.17) is 29.8 Å². The highest BCUT2D eigenvalue weighted by Gasteiger charge is 2.40. The number of carboxylic acids is 2. The number of ether oxygens (including phenoxy) is 4. The quantitative estimate of drug-likeness (QED) is 0.0941. The number of nitrogens with two attached hydrogens (primary N) is 1. The summed E-state index contributed by atoms with van der Waals surface area (Å²) in [5, 5.41) is 19.2. The van der Waals surface area contributed by atoms with Crippen LogP contribution in [0, 0.1) is 0 Å². The molecule has 1 aliphatic heterocycles. The summed E-state index contributed by atoms with van der Waals surface area (Å²) in [6, 6.07) is 45.5. The number of fused-ring (bicyclic) bond motifs is 1. The number of hydrogen-bond donors (Lipinski definition) is 3. The van der Waals surface area contributed by atoms with Crippen molar-refractivity contribution in [1.82, 2.24) is 4.90 Å². The van der Waals surface area contributed by atoms with Crippen LogP contribution in [0.5, 0.6) is 23.0 Å². The lowest BCUT2D eigenvalue weighted by Crippen LogP contribution is -2.50. The van der Waals surface area contributed by atoms with E-state index in [1.807, 2.05) is 133 Å². The van der Waals surface area contributed by atoms with Gasteiger partial charge in [0.05, 0.1) is 20.1 Å². The second-order valence-electron chi connectivity index (χ2n) is 14.2. The maximum absolute atomic E-state index is 14.1. The Morgan fingerprint density at radius 3 is 1.65 bits per heavy atom. The van der Waals surface area contributed by atoms with Gasteiger partial charge < -0.3 is 39.8 Å². The van der Waals surface area contributed by atoms with Gasteiger partial charge in [-0.25, -0.2) is 4.79 Å². The first kappa shape index (κ1) is 42.5. The fourth-order valence-corrected chi connectivity index (χ4v) is 7.15. The minimum atomic E-state index is -1.05. The fraction of sp³-hybridized carbons (Fsp3) is 0.204. The second kappa shape index (κ2) is 20.5. The van der Waals surface area contributed by atoms with E-state index in [0.717, 1.165) is 33.4 Å². The maximum Gasteiger partial charge on any atom is 0.326 e. The van der Waals surface area contributed by atoms with E-state index in [1.165, 1.54) is 4.90 Å². The highest BCUT2D eigenvalue weighted by Crippen LogP contribution is 2.40. The van der Waals surface area contributed by atoms with Gasteiger partial charge in [0.25, 0.3) is 0 Å². The molecule has 6 aromatic carbocycles. The second-order valence-corrected chi connectivity index (χ2v) is 14.2. The zero-order valence-corrected chi connectivity index (χ0v) is 33.5. The SMILES string of the molecule is COc1ccc2c(c1OCc1ccccc1)C[C@@H](C(=O)O)N(C(=O)C(c1ccccc1)c1ccccc1)C2.COc1cccc(C[C@H](N)C(=O)O)c1OCc1ccccc1. The van der Waals surface area contributed by atoms with Gasteiger partial charge in [0.1, 0.15) is 25.3 Å². The number of carbonyl (C=O) groups is 3. The van der Waals surface area contributed by atoms with Crippen LogP contribution >= 0.6 is 0 Å². The van der Waals surface area contributed by atoms with Crippen LogP contribution in [-0.4, -0.2) is 59.3 Å². The Labute approximate surface area is 349 Å². The van der Waals surface area contributed by atoms with Crippen LogP contribution in [0.25, 0.3) is 0 Å². The Morgan fingerprint density at radius 2 is 1.15 bits per heavy atom. The third kappa shape index (κ3) is 10.5. The molecule has 11 nitrogen and oxygen atoms in total. The molecule has 60 heavy (non-hydrogen) atoms. The molecule has 6 aromatic rings. The number of hydrogen-bond acceptors (Lipinski definition) is 8. The van der Waals surface area contributed by atoms with E-state index in [0.29, 0.717) is 41.8 Å². The normalized spacial score (nSPS) is 13.5. The molecule has 0 fully saturated rings. The predicted octanol–water partition coefficient (Wildman–Crippen LogP) is 7.67. The third-order valence-electron chi connectivity index (χ3n) is 10.2. The van der Waals surface area contributed by atoms with E-state index in [1.54, 1.807) is 32.4 Å². The summed E-state index contributed by atoms with van der Waals surface area (Å²) in [7, 11) is 3.11. The summed E-state index contributed by atoms with van der Waals surface area (Å²) in [5.41, 5.74) is 11.6. The fourth-order valence-electron chi connectivity index (χ4n) is 7.15.